The van der Waals surface area contributed by atoms with Gasteiger partial charge in [0.1, 0.15) is 5.00 Å². The summed E-state index contributed by atoms with van der Waals surface area (Å²) in [6.07, 6.45) is 6.20. The van der Waals surface area contributed by atoms with Gasteiger partial charge < -0.3 is 10.1 Å². The second-order valence-electron chi connectivity index (χ2n) is 6.55. The van der Waals surface area contributed by atoms with Crippen LogP contribution in [-0.2, 0) is 27.2 Å². The van der Waals surface area contributed by atoms with Gasteiger partial charge in [0.05, 0.1) is 18.4 Å². The molecule has 2 amide bonds. The lowest BCUT2D eigenvalue weighted by Crippen LogP contribution is -2.32. The van der Waals surface area contributed by atoms with Crippen molar-refractivity contribution in [2.24, 2.45) is 5.10 Å². The van der Waals surface area contributed by atoms with Crippen LogP contribution in [0.2, 0.25) is 0 Å². The van der Waals surface area contributed by atoms with Gasteiger partial charge in [-0.2, -0.15) is 5.10 Å². The molecule has 0 fully saturated rings. The van der Waals surface area contributed by atoms with E-state index in [0.717, 1.165) is 48.1 Å². The maximum Gasteiger partial charge on any atom is 0.341 e. The van der Waals surface area contributed by atoms with Gasteiger partial charge >= 0.3 is 17.8 Å². The van der Waals surface area contributed by atoms with Gasteiger partial charge in [-0.05, 0) is 43.7 Å². The zero-order valence-electron chi connectivity index (χ0n) is 16.2. The number of hydrogen-bond donors (Lipinski definition) is 2. The first-order chi connectivity index (χ1) is 14.1. The Bertz CT molecular complexity index is 922. The summed E-state index contributed by atoms with van der Waals surface area (Å²) in [4.78, 5) is 38.0. The molecule has 0 atom stereocenters. The van der Waals surface area contributed by atoms with E-state index in [-0.39, 0.29) is 6.61 Å². The fourth-order valence-corrected chi connectivity index (χ4v) is 4.44. The van der Waals surface area contributed by atoms with Crippen molar-refractivity contribution in [2.45, 2.75) is 39.0 Å². The highest BCUT2D eigenvalue weighted by molar-refractivity contribution is 7.17. The Morgan fingerprint density at radius 1 is 1.10 bits per heavy atom. The lowest BCUT2D eigenvalue weighted by Gasteiger charge is -2.08. The molecule has 0 saturated carbocycles. The first-order valence-corrected chi connectivity index (χ1v) is 10.4. The van der Waals surface area contributed by atoms with Crippen LogP contribution < -0.4 is 10.7 Å². The Morgan fingerprint density at radius 2 is 1.86 bits per heavy atom. The molecule has 0 spiro atoms. The predicted octanol–water partition coefficient (Wildman–Crippen LogP) is 3.28. The molecule has 1 aromatic carbocycles. The zero-order chi connectivity index (χ0) is 20.6. The number of rotatable bonds is 5. The molecule has 3 rings (SSSR count). The standard InChI is InChI=1S/C21H23N3O4S/c1-2-28-21(27)17-15-11-7-4-8-12-16(15)29-20(17)23-18(25)19(26)24-22-13-14-9-5-3-6-10-14/h3,5-6,9-10,13H,2,4,7-8,11-12H2,1H3,(H,23,25)(H,24,26)/b22-13+. The monoisotopic (exact) mass is 413 g/mol. The Morgan fingerprint density at radius 3 is 2.62 bits per heavy atom. The summed E-state index contributed by atoms with van der Waals surface area (Å²) in [7, 11) is 0. The number of nitrogens with one attached hydrogen (secondary N) is 2. The van der Waals surface area contributed by atoms with Crippen LogP contribution in [0.15, 0.2) is 35.4 Å². The van der Waals surface area contributed by atoms with E-state index < -0.39 is 17.8 Å². The number of fused-ring (bicyclic) bond motifs is 1. The highest BCUT2D eigenvalue weighted by atomic mass is 32.1. The van der Waals surface area contributed by atoms with Crippen molar-refractivity contribution >= 4 is 40.3 Å². The number of esters is 1. The Kier molecular flexibility index (Phi) is 7.13. The van der Waals surface area contributed by atoms with Gasteiger partial charge in [0.15, 0.2) is 0 Å². The summed E-state index contributed by atoms with van der Waals surface area (Å²) in [6.45, 7) is 1.98. The zero-order valence-corrected chi connectivity index (χ0v) is 17.0. The van der Waals surface area contributed by atoms with E-state index in [1.807, 2.05) is 30.3 Å². The van der Waals surface area contributed by atoms with Gasteiger partial charge in [0, 0.05) is 4.88 Å². The number of amides is 2. The smallest absolute Gasteiger partial charge is 0.341 e. The summed E-state index contributed by atoms with van der Waals surface area (Å²) >= 11 is 1.34. The van der Waals surface area contributed by atoms with Crippen molar-refractivity contribution in [1.82, 2.24) is 5.43 Å². The maximum atomic E-state index is 12.5. The number of thiophene rings is 1. The SMILES string of the molecule is CCOC(=O)c1c(NC(=O)C(=O)N/N=C/c2ccccc2)sc2c1CCCCC2. The van der Waals surface area contributed by atoms with Gasteiger partial charge in [-0.25, -0.2) is 10.2 Å². The van der Waals surface area contributed by atoms with Gasteiger partial charge in [-0.3, -0.25) is 9.59 Å². The van der Waals surface area contributed by atoms with E-state index >= 15 is 0 Å². The molecule has 2 N–H and O–H groups in total. The number of hydrazone groups is 1. The largest absolute Gasteiger partial charge is 0.462 e. The molecule has 0 unspecified atom stereocenters. The van der Waals surface area contributed by atoms with Crippen LogP contribution in [0.1, 0.15) is 52.5 Å². The molecule has 1 aliphatic rings. The van der Waals surface area contributed by atoms with Crippen molar-refractivity contribution in [3.63, 3.8) is 0 Å². The van der Waals surface area contributed by atoms with Crippen LogP contribution in [-0.4, -0.2) is 30.6 Å². The molecule has 0 aliphatic heterocycles. The van der Waals surface area contributed by atoms with Crippen LogP contribution in [0, 0.1) is 0 Å². The minimum Gasteiger partial charge on any atom is -0.462 e. The predicted molar refractivity (Wildman–Crippen MR) is 112 cm³/mol. The molecule has 0 radical (unpaired) electrons. The molecule has 8 heteroatoms. The van der Waals surface area contributed by atoms with Gasteiger partial charge in [-0.1, -0.05) is 36.8 Å². The molecule has 152 valence electrons. The molecule has 0 saturated heterocycles. The number of benzene rings is 1. The lowest BCUT2D eigenvalue weighted by atomic mass is 10.1. The van der Waals surface area contributed by atoms with Crippen molar-refractivity contribution in [3.05, 3.63) is 51.9 Å². The molecule has 7 nitrogen and oxygen atoms in total. The number of carbonyl (C=O) groups excluding carboxylic acids is 3. The second-order valence-corrected chi connectivity index (χ2v) is 7.66. The minimum absolute atomic E-state index is 0.242. The van der Waals surface area contributed by atoms with Gasteiger partial charge in [-0.15, -0.1) is 11.3 Å². The average molecular weight is 413 g/mol. The molecule has 29 heavy (non-hydrogen) atoms. The summed E-state index contributed by atoms with van der Waals surface area (Å²) < 4.78 is 5.18. The number of aryl methyl sites for hydroxylation is 1. The fraction of sp³-hybridized carbons (Fsp3) is 0.333. The highest BCUT2D eigenvalue weighted by Crippen LogP contribution is 2.38. The third kappa shape index (κ3) is 5.29. The topological polar surface area (TPSA) is 96.9 Å². The summed E-state index contributed by atoms with van der Waals surface area (Å²) in [5, 5.41) is 6.73. The first kappa shape index (κ1) is 20.7. The summed E-state index contributed by atoms with van der Waals surface area (Å²) in [6, 6.07) is 9.19. The van der Waals surface area contributed by atoms with Gasteiger partial charge in [0.25, 0.3) is 0 Å². The first-order valence-electron chi connectivity index (χ1n) is 9.61. The third-order valence-electron chi connectivity index (χ3n) is 4.51. The Balaban J connectivity index is 1.72. The lowest BCUT2D eigenvalue weighted by molar-refractivity contribution is -0.136. The van der Waals surface area contributed by atoms with Crippen molar-refractivity contribution in [2.75, 3.05) is 11.9 Å². The van der Waals surface area contributed by atoms with E-state index in [9.17, 15) is 14.4 Å². The number of nitrogens with zero attached hydrogens (tertiary/aromatic N) is 1. The van der Waals surface area contributed by atoms with Gasteiger partial charge in [0.2, 0.25) is 0 Å². The quantitative estimate of drug-likeness (QED) is 0.258. The van der Waals surface area contributed by atoms with Crippen molar-refractivity contribution < 1.29 is 19.1 Å². The normalized spacial score (nSPS) is 13.4. The van der Waals surface area contributed by atoms with Crippen LogP contribution in [0.25, 0.3) is 0 Å². The van der Waals surface area contributed by atoms with Crippen LogP contribution in [0.5, 0.6) is 0 Å². The molecular weight excluding hydrogens is 390 g/mol. The fourth-order valence-electron chi connectivity index (χ4n) is 3.17. The maximum absolute atomic E-state index is 12.5. The molecular formula is C21H23N3O4S. The molecule has 2 aromatic rings. The van der Waals surface area contributed by atoms with Crippen molar-refractivity contribution in [3.8, 4) is 0 Å². The van der Waals surface area contributed by atoms with Crippen LogP contribution in [0.3, 0.4) is 0 Å². The van der Waals surface area contributed by atoms with E-state index in [4.69, 9.17) is 4.74 Å². The van der Waals surface area contributed by atoms with Crippen molar-refractivity contribution in [1.29, 1.82) is 0 Å². The molecule has 1 heterocycles. The number of ether oxygens (including phenoxy) is 1. The molecule has 1 aliphatic carbocycles. The number of carbonyl (C=O) groups is 3. The third-order valence-corrected chi connectivity index (χ3v) is 5.72. The van der Waals surface area contributed by atoms with E-state index in [2.05, 4.69) is 15.8 Å². The minimum atomic E-state index is -0.907. The van der Waals surface area contributed by atoms with E-state index in [1.165, 1.54) is 17.6 Å². The summed E-state index contributed by atoms with van der Waals surface area (Å²) in [5.41, 5.74) is 4.31. The van der Waals surface area contributed by atoms with Crippen LogP contribution >= 0.6 is 11.3 Å². The van der Waals surface area contributed by atoms with Crippen LogP contribution in [0.4, 0.5) is 5.00 Å². The molecule has 0 bridgehead atoms. The average Bonchev–Trinajstić information content (AvgIpc) is 2.89. The van der Waals surface area contributed by atoms with E-state index in [1.54, 1.807) is 6.92 Å². The highest BCUT2D eigenvalue weighted by Gasteiger charge is 2.27. The second kappa shape index (κ2) is 9.97. The number of hydrogen-bond acceptors (Lipinski definition) is 6. The summed E-state index contributed by atoms with van der Waals surface area (Å²) in [5.74, 6) is -2.25. The number of anilines is 1. The van der Waals surface area contributed by atoms with E-state index in [0.29, 0.717) is 10.6 Å². The molecule has 1 aromatic heterocycles. The Labute approximate surface area is 173 Å². The Hall–Kier alpha value is -3.00.